The first-order valence-electron chi connectivity index (χ1n) is 12.5. The fraction of sp³-hybridized carbons (Fsp3) is 0.241. The van der Waals surface area contributed by atoms with Crippen LogP contribution in [0.3, 0.4) is 0 Å². The van der Waals surface area contributed by atoms with E-state index in [9.17, 15) is 13.2 Å². The molecule has 5 rings (SSSR count). The molecule has 9 nitrogen and oxygen atoms in total. The molecule has 1 saturated heterocycles. The second-order valence-electron chi connectivity index (χ2n) is 9.18. The molecule has 2 aromatic heterocycles. The van der Waals surface area contributed by atoms with Crippen molar-refractivity contribution in [2.75, 3.05) is 19.5 Å². The van der Waals surface area contributed by atoms with Crippen LogP contribution in [0.25, 0.3) is 11.3 Å². The smallest absolute Gasteiger partial charge is 0.355 e. The predicted octanol–water partition coefficient (Wildman–Crippen LogP) is 5.19. The highest BCUT2D eigenvalue weighted by molar-refractivity contribution is 7.90. The van der Waals surface area contributed by atoms with E-state index in [1.807, 2.05) is 36.4 Å². The number of ether oxygens (including phenoxy) is 4. The van der Waals surface area contributed by atoms with Crippen molar-refractivity contribution in [2.45, 2.75) is 30.6 Å². The van der Waals surface area contributed by atoms with E-state index in [0.29, 0.717) is 41.9 Å². The molecule has 2 aromatic carbocycles. The molecule has 0 spiro atoms. The molecule has 1 N–H and O–H groups in total. The Bertz CT molecular complexity index is 1530. The highest BCUT2D eigenvalue weighted by Crippen LogP contribution is 2.33. The summed E-state index contributed by atoms with van der Waals surface area (Å²) in [4.78, 5) is 19.7. The third kappa shape index (κ3) is 7.04. The summed E-state index contributed by atoms with van der Waals surface area (Å²) in [6.07, 6.45) is 4.01. The van der Waals surface area contributed by atoms with Crippen LogP contribution >= 0.6 is 0 Å². The average Bonchev–Trinajstić information content (AvgIpc) is 3.43. The van der Waals surface area contributed by atoms with Gasteiger partial charge in [0, 0.05) is 36.4 Å². The number of carbonyl (C=O) groups is 1. The lowest BCUT2D eigenvalue weighted by Gasteiger charge is -2.24. The number of aromatic amines is 1. The quantitative estimate of drug-likeness (QED) is 0.284. The summed E-state index contributed by atoms with van der Waals surface area (Å²) in [5.41, 5.74) is 2.63. The van der Waals surface area contributed by atoms with Gasteiger partial charge >= 0.3 is 5.97 Å². The Balaban J connectivity index is 1.37. The first-order valence-corrected chi connectivity index (χ1v) is 14.4. The van der Waals surface area contributed by atoms with Gasteiger partial charge in [-0.3, -0.25) is 0 Å². The summed E-state index contributed by atoms with van der Waals surface area (Å²) in [6, 6.07) is 21.3. The fourth-order valence-corrected chi connectivity index (χ4v) is 4.67. The monoisotopic (exact) mass is 548 g/mol. The number of H-pyrrole nitrogens is 1. The maximum absolute atomic E-state index is 12.6. The van der Waals surface area contributed by atoms with Crippen LogP contribution < -0.4 is 9.47 Å². The molecule has 3 heterocycles. The molecular weight excluding hydrogens is 520 g/mol. The number of pyridine rings is 1. The van der Waals surface area contributed by atoms with Crippen molar-refractivity contribution >= 4 is 15.8 Å². The molecule has 1 aliphatic rings. The summed E-state index contributed by atoms with van der Waals surface area (Å²) in [7, 11) is -3.42. The van der Waals surface area contributed by atoms with Gasteiger partial charge in [0.25, 0.3) is 0 Å². The molecule has 0 radical (unpaired) electrons. The largest absolute Gasteiger partial charge is 0.490 e. The van der Waals surface area contributed by atoms with Crippen LogP contribution in [0.5, 0.6) is 17.2 Å². The standard InChI is InChI=1S/C29H28N2O7S/c1-39(33,34)28-10-7-23(18-30-28)38-25-16-21(15-24(17-25)37-22-11-13-35-14-12-22)26-8-9-27(31-26)29(32)36-19-20-5-3-2-4-6-20/h2-10,15-18,22,31H,11-14,19H2,1H3. The Labute approximate surface area is 226 Å². The van der Waals surface area contributed by atoms with Crippen molar-refractivity contribution in [1.82, 2.24) is 9.97 Å². The lowest BCUT2D eigenvalue weighted by Crippen LogP contribution is -2.25. The van der Waals surface area contributed by atoms with Crippen LogP contribution in [0, 0.1) is 0 Å². The third-order valence-electron chi connectivity index (χ3n) is 6.11. The van der Waals surface area contributed by atoms with Gasteiger partial charge in [-0.25, -0.2) is 18.2 Å². The Morgan fingerprint density at radius 2 is 1.74 bits per heavy atom. The number of sulfone groups is 1. The van der Waals surface area contributed by atoms with Crippen LogP contribution in [0.15, 0.2) is 84.0 Å². The molecule has 4 aromatic rings. The molecule has 0 aliphatic carbocycles. The number of aromatic nitrogens is 2. The molecule has 0 atom stereocenters. The van der Waals surface area contributed by atoms with E-state index in [4.69, 9.17) is 18.9 Å². The van der Waals surface area contributed by atoms with Gasteiger partial charge in [-0.2, -0.15) is 0 Å². The molecule has 10 heteroatoms. The Morgan fingerprint density at radius 1 is 0.974 bits per heavy atom. The lowest BCUT2D eigenvalue weighted by molar-refractivity contribution is 0.0255. The highest BCUT2D eigenvalue weighted by atomic mass is 32.2. The van der Waals surface area contributed by atoms with E-state index in [1.54, 1.807) is 30.3 Å². The Kier molecular flexibility index (Phi) is 7.94. The number of carbonyl (C=O) groups excluding carboxylic acids is 1. The van der Waals surface area contributed by atoms with Crippen molar-refractivity contribution in [3.63, 3.8) is 0 Å². The van der Waals surface area contributed by atoms with Gasteiger partial charge in [0.1, 0.15) is 35.7 Å². The van der Waals surface area contributed by atoms with Crippen LogP contribution in [-0.2, 0) is 25.9 Å². The predicted molar refractivity (Wildman–Crippen MR) is 144 cm³/mol. The van der Waals surface area contributed by atoms with Crippen LogP contribution in [-0.4, -0.2) is 49.9 Å². The molecule has 0 bridgehead atoms. The number of nitrogens with one attached hydrogen (secondary N) is 1. The number of esters is 1. The summed E-state index contributed by atoms with van der Waals surface area (Å²) < 4.78 is 46.6. The summed E-state index contributed by atoms with van der Waals surface area (Å²) in [5.74, 6) is 0.964. The van der Waals surface area contributed by atoms with Crippen LogP contribution in [0.2, 0.25) is 0 Å². The molecular formula is C29H28N2O7S. The van der Waals surface area contributed by atoms with Gasteiger partial charge < -0.3 is 23.9 Å². The van der Waals surface area contributed by atoms with Crippen LogP contribution in [0.1, 0.15) is 28.9 Å². The van der Waals surface area contributed by atoms with Crippen molar-refractivity contribution in [2.24, 2.45) is 0 Å². The number of nitrogens with zero attached hydrogens (tertiary/aromatic N) is 1. The zero-order valence-corrected chi connectivity index (χ0v) is 22.1. The summed E-state index contributed by atoms with van der Waals surface area (Å²) in [5, 5.41) is -0.0368. The first-order chi connectivity index (χ1) is 18.8. The zero-order chi connectivity index (χ0) is 27.2. The van der Waals surface area contributed by atoms with Gasteiger partial charge in [0.05, 0.1) is 19.4 Å². The number of hydrogen-bond acceptors (Lipinski definition) is 8. The normalized spacial score (nSPS) is 14.1. The van der Waals surface area contributed by atoms with Crippen LogP contribution in [0.4, 0.5) is 0 Å². The molecule has 39 heavy (non-hydrogen) atoms. The van der Waals surface area contributed by atoms with Gasteiger partial charge in [0.2, 0.25) is 0 Å². The third-order valence-corrected chi connectivity index (χ3v) is 7.11. The summed E-state index contributed by atoms with van der Waals surface area (Å²) in [6.45, 7) is 1.45. The Morgan fingerprint density at radius 3 is 2.46 bits per heavy atom. The van der Waals surface area contributed by atoms with E-state index < -0.39 is 15.8 Å². The highest BCUT2D eigenvalue weighted by Gasteiger charge is 2.18. The Hall–Kier alpha value is -4.15. The maximum atomic E-state index is 12.6. The van der Waals surface area contributed by atoms with Crippen molar-refractivity contribution in [3.8, 4) is 28.5 Å². The lowest BCUT2D eigenvalue weighted by atomic mass is 10.1. The number of rotatable bonds is 9. The minimum Gasteiger partial charge on any atom is -0.490 e. The summed E-state index contributed by atoms with van der Waals surface area (Å²) >= 11 is 0. The van der Waals surface area contributed by atoms with Gasteiger partial charge in [-0.05, 0) is 42.0 Å². The minimum absolute atomic E-state index is 0.00438. The molecule has 0 saturated carbocycles. The SMILES string of the molecule is CS(=O)(=O)c1ccc(Oc2cc(OC3CCOCC3)cc(-c3ccc(C(=O)OCc4ccccc4)[nH]3)c2)cn1. The van der Waals surface area contributed by atoms with E-state index in [-0.39, 0.29) is 17.7 Å². The second-order valence-corrected chi connectivity index (χ2v) is 11.1. The van der Waals surface area contributed by atoms with Crippen molar-refractivity contribution < 1.29 is 32.2 Å². The van der Waals surface area contributed by atoms with E-state index in [1.165, 1.54) is 12.3 Å². The van der Waals surface area contributed by atoms with Crippen molar-refractivity contribution in [3.05, 3.63) is 90.3 Å². The molecule has 202 valence electrons. The fourth-order valence-electron chi connectivity index (χ4n) is 4.11. The van der Waals surface area contributed by atoms with E-state index in [2.05, 4.69) is 9.97 Å². The van der Waals surface area contributed by atoms with Gasteiger partial charge in [-0.15, -0.1) is 0 Å². The molecule has 0 unspecified atom stereocenters. The topological polar surface area (TPSA) is 117 Å². The minimum atomic E-state index is -3.42. The molecule has 1 aliphatic heterocycles. The van der Waals surface area contributed by atoms with Crippen molar-refractivity contribution in [1.29, 1.82) is 0 Å². The molecule has 1 fully saturated rings. The van der Waals surface area contributed by atoms with Gasteiger partial charge in [-0.1, -0.05) is 30.3 Å². The number of benzene rings is 2. The van der Waals surface area contributed by atoms with E-state index >= 15 is 0 Å². The van der Waals surface area contributed by atoms with E-state index in [0.717, 1.165) is 30.2 Å². The molecule has 0 amide bonds. The zero-order valence-electron chi connectivity index (χ0n) is 21.3. The second kappa shape index (κ2) is 11.7. The van der Waals surface area contributed by atoms with Gasteiger partial charge in [0.15, 0.2) is 14.9 Å². The first kappa shape index (κ1) is 26.5. The number of hydrogen-bond donors (Lipinski definition) is 1. The maximum Gasteiger partial charge on any atom is 0.355 e. The average molecular weight is 549 g/mol.